The summed E-state index contributed by atoms with van der Waals surface area (Å²) in [5, 5.41) is 56.0. The van der Waals surface area contributed by atoms with Gasteiger partial charge in [0.15, 0.2) is 11.6 Å². The molecule has 7 heterocycles. The van der Waals surface area contributed by atoms with Crippen molar-refractivity contribution in [2.45, 2.75) is 209 Å². The Hall–Kier alpha value is -1.79. The Morgan fingerprint density at radius 2 is 1.76 bits per heavy atom. The number of aliphatic hydroxyl groups is 4. The number of aliphatic carboxylic acids is 1. The van der Waals surface area contributed by atoms with Crippen molar-refractivity contribution in [1.29, 1.82) is 0 Å². The lowest BCUT2D eigenvalue weighted by Crippen LogP contribution is -2.60. The van der Waals surface area contributed by atoms with Gasteiger partial charge in [0.05, 0.1) is 49.2 Å². The molecule has 17 atom stereocenters. The van der Waals surface area contributed by atoms with Crippen LogP contribution < -0.4 is 11.3 Å². The number of hydrogen-bond acceptors (Lipinski definition) is 13. The molecule has 7 rings (SSSR count). The largest absolute Gasteiger partial charge is 0.547 e. The van der Waals surface area contributed by atoms with E-state index in [0.717, 1.165) is 50.7 Å². The Bertz CT molecular complexity index is 1510. The third-order valence-corrected chi connectivity index (χ3v) is 14.0. The van der Waals surface area contributed by atoms with Gasteiger partial charge in [-0.25, -0.2) is 0 Å². The van der Waals surface area contributed by atoms with Gasteiger partial charge in [-0.05, 0) is 95.1 Å². The molecule has 330 valence electrons. The maximum absolute atomic E-state index is 11.5. The van der Waals surface area contributed by atoms with Crippen molar-refractivity contribution in [1.82, 2.24) is 6.15 Å². The highest BCUT2D eigenvalue weighted by molar-refractivity contribution is 5.74. The second-order valence-corrected chi connectivity index (χ2v) is 18.9. The summed E-state index contributed by atoms with van der Waals surface area (Å²) in [5.74, 6) is -4.11. The molecule has 0 amide bonds. The van der Waals surface area contributed by atoms with Crippen LogP contribution in [-0.4, -0.2) is 117 Å². The molecule has 0 saturated carbocycles. The molecule has 0 aromatic rings. The van der Waals surface area contributed by atoms with Crippen molar-refractivity contribution in [3.63, 3.8) is 0 Å². The molecular weight excluding hydrogens is 750 g/mol. The van der Waals surface area contributed by atoms with Gasteiger partial charge in [-0.15, -0.1) is 0 Å². The van der Waals surface area contributed by atoms with Gasteiger partial charge in [-0.3, -0.25) is 0 Å². The van der Waals surface area contributed by atoms with Crippen LogP contribution in [0.4, 0.5) is 0 Å². The van der Waals surface area contributed by atoms with E-state index in [1.165, 1.54) is 6.92 Å². The number of hydrogen-bond donors (Lipinski definition) is 5. The van der Waals surface area contributed by atoms with Gasteiger partial charge in [-0.1, -0.05) is 45.1 Å². The summed E-state index contributed by atoms with van der Waals surface area (Å²) in [7, 11) is 0. The van der Waals surface area contributed by atoms with E-state index < -0.39 is 71.7 Å². The van der Waals surface area contributed by atoms with Crippen LogP contribution in [0.1, 0.15) is 125 Å². The third-order valence-electron chi connectivity index (χ3n) is 14.0. The van der Waals surface area contributed by atoms with Crippen molar-refractivity contribution in [3.05, 3.63) is 36.0 Å². The van der Waals surface area contributed by atoms with Crippen LogP contribution in [0.2, 0.25) is 0 Å². The standard InChI is InChI=1S/C44H68O13.H3N/c1-25-21-34(55-44(23-25)35(46)12-11-31(54-44)24-41(6,50)40(48)49)26(2)9-10-30-14-18-43(53-30)19-15-33-39(57-43)36(47)29(5)38(52-33)32(45)22-28(4)37-27(3)13-17-42(56-37)16-7-8-20-51-42;/h9-10,23,26-28,30-39,45-47,50H,5,7-8,11-22,24H2,1-4,6H3,(H,48,49);1H3/b10-9+;/t26?,27-,28+,30+,31+,32+,33?,34+,35-,36-,37?,38+,39-,41-,42+,43-,44-;/m1./s1. The van der Waals surface area contributed by atoms with Crippen LogP contribution in [0.15, 0.2) is 36.0 Å². The summed E-state index contributed by atoms with van der Waals surface area (Å²) < 4.78 is 45.2. The Morgan fingerprint density at radius 3 is 2.48 bits per heavy atom. The van der Waals surface area contributed by atoms with E-state index in [-0.39, 0.29) is 42.7 Å². The number of carboxylic acid groups (broad SMARTS) is 1. The van der Waals surface area contributed by atoms with E-state index in [0.29, 0.717) is 56.4 Å². The first-order valence-corrected chi connectivity index (χ1v) is 21.6. The fourth-order valence-corrected chi connectivity index (χ4v) is 10.5. The normalized spacial score (nSPS) is 44.6. The Labute approximate surface area is 343 Å². The second kappa shape index (κ2) is 17.9. The predicted octanol–water partition coefficient (Wildman–Crippen LogP) is 4.26. The fraction of sp³-hybridized carbons (Fsp3) is 0.841. The zero-order valence-electron chi connectivity index (χ0n) is 35.5. The molecule has 7 aliphatic heterocycles. The monoisotopic (exact) mass is 821 g/mol. The quantitative estimate of drug-likeness (QED) is 0.195. The van der Waals surface area contributed by atoms with Crippen molar-refractivity contribution in [2.75, 3.05) is 6.61 Å². The topological polar surface area (TPSA) is 222 Å². The lowest BCUT2D eigenvalue weighted by atomic mass is 9.79. The zero-order chi connectivity index (χ0) is 40.9. The predicted molar refractivity (Wildman–Crippen MR) is 211 cm³/mol. The number of ether oxygens (including phenoxy) is 7. The summed E-state index contributed by atoms with van der Waals surface area (Å²) in [6.45, 7) is 14.4. The van der Waals surface area contributed by atoms with Crippen LogP contribution in [0.3, 0.4) is 0 Å². The minimum absolute atomic E-state index is 0. The first-order valence-electron chi connectivity index (χ1n) is 21.6. The van der Waals surface area contributed by atoms with E-state index in [9.17, 15) is 30.3 Å². The van der Waals surface area contributed by atoms with Gasteiger partial charge in [0, 0.05) is 38.0 Å². The Balaban J connectivity index is 0.00000567. The number of rotatable bonds is 10. The SMILES string of the molecule is C=C1[C@@H](O)[C@@H]2O[C@@]3(CCC2O[C@@H]1[C@@H](O)C[C@H](C)C1O[C@@]2(CCCCO2)CC[C@H]1C)CC[C@H](/C=C/C(C)[C@@H]1CC(C)=C[C@@]2(O[C@H](C[C@@](C)(O)C(=O)[O-])CC[C@H]2O)O1)O3.[NH4+]. The van der Waals surface area contributed by atoms with Crippen molar-refractivity contribution in [3.8, 4) is 0 Å². The lowest BCUT2D eigenvalue weighted by Gasteiger charge is -2.50. The molecule has 8 N–H and O–H groups in total. The molecule has 3 spiro atoms. The summed E-state index contributed by atoms with van der Waals surface area (Å²) in [4.78, 5) is 11.5. The average Bonchev–Trinajstić information content (AvgIpc) is 3.56. The molecule has 0 aromatic heterocycles. The number of carbonyl (C=O) groups is 1. The highest BCUT2D eigenvalue weighted by Crippen LogP contribution is 2.47. The first-order chi connectivity index (χ1) is 26.9. The van der Waals surface area contributed by atoms with Crippen LogP contribution >= 0.6 is 0 Å². The van der Waals surface area contributed by atoms with Crippen molar-refractivity contribution < 1.29 is 63.5 Å². The Kier molecular flexibility index (Phi) is 14.1. The molecule has 0 radical (unpaired) electrons. The van der Waals surface area contributed by atoms with E-state index in [2.05, 4.69) is 20.4 Å². The van der Waals surface area contributed by atoms with Gasteiger partial charge < -0.3 is 69.6 Å². The van der Waals surface area contributed by atoms with Crippen LogP contribution in [0.5, 0.6) is 0 Å². The van der Waals surface area contributed by atoms with Crippen molar-refractivity contribution in [2.24, 2.45) is 17.8 Å². The van der Waals surface area contributed by atoms with E-state index in [4.69, 9.17) is 33.2 Å². The fourth-order valence-electron chi connectivity index (χ4n) is 10.5. The molecule has 0 aliphatic carbocycles. The molecule has 0 aromatic carbocycles. The molecule has 3 unspecified atom stereocenters. The summed E-state index contributed by atoms with van der Waals surface area (Å²) in [6.07, 6.45) is 9.10. The van der Waals surface area contributed by atoms with E-state index in [1.54, 1.807) is 6.08 Å². The molecule has 6 saturated heterocycles. The van der Waals surface area contributed by atoms with Gasteiger partial charge in [0.25, 0.3) is 0 Å². The number of carboxylic acids is 1. The average molecular weight is 822 g/mol. The maximum atomic E-state index is 11.5. The van der Waals surface area contributed by atoms with Gasteiger partial charge in [0.2, 0.25) is 5.79 Å². The number of aliphatic hydroxyl groups excluding tert-OH is 3. The minimum Gasteiger partial charge on any atom is -0.547 e. The summed E-state index contributed by atoms with van der Waals surface area (Å²) in [6, 6.07) is 0. The Morgan fingerprint density at radius 1 is 1.02 bits per heavy atom. The highest BCUT2D eigenvalue weighted by Gasteiger charge is 2.55. The second-order valence-electron chi connectivity index (χ2n) is 18.9. The van der Waals surface area contributed by atoms with E-state index >= 15 is 0 Å². The highest BCUT2D eigenvalue weighted by atomic mass is 16.7. The molecule has 14 nitrogen and oxygen atoms in total. The number of fused-ring (bicyclic) bond motifs is 1. The van der Waals surface area contributed by atoms with Crippen molar-refractivity contribution >= 4 is 5.97 Å². The van der Waals surface area contributed by atoms with Crippen LogP contribution in [0, 0.1) is 17.8 Å². The number of quaternary nitrogens is 1. The summed E-state index contributed by atoms with van der Waals surface area (Å²) in [5.41, 5.74) is -0.677. The van der Waals surface area contributed by atoms with Gasteiger partial charge >= 0.3 is 0 Å². The maximum Gasteiger partial charge on any atom is 0.215 e. The molecule has 14 heteroatoms. The summed E-state index contributed by atoms with van der Waals surface area (Å²) >= 11 is 0. The van der Waals surface area contributed by atoms with Gasteiger partial charge in [-0.2, -0.15) is 0 Å². The molecule has 6 fully saturated rings. The van der Waals surface area contributed by atoms with E-state index in [1.807, 2.05) is 26.0 Å². The number of carbonyl (C=O) groups excluding carboxylic acids is 1. The van der Waals surface area contributed by atoms with Crippen LogP contribution in [-0.2, 0) is 38.0 Å². The zero-order valence-corrected chi connectivity index (χ0v) is 35.5. The smallest absolute Gasteiger partial charge is 0.215 e. The molecule has 7 aliphatic rings. The minimum atomic E-state index is -2.07. The van der Waals surface area contributed by atoms with Crippen LogP contribution in [0.25, 0.3) is 0 Å². The molecule has 58 heavy (non-hydrogen) atoms. The molecule has 0 bridgehead atoms. The molecular formula is C44H71NO13. The lowest BCUT2D eigenvalue weighted by molar-refractivity contribution is -0.336. The third kappa shape index (κ3) is 9.48. The van der Waals surface area contributed by atoms with Gasteiger partial charge in [0.1, 0.15) is 30.0 Å². The first kappa shape index (κ1) is 45.7.